The van der Waals surface area contributed by atoms with Gasteiger partial charge in [-0.2, -0.15) is 0 Å². The number of H-pyrrole nitrogens is 2. The first-order chi connectivity index (χ1) is 17.1. The lowest BCUT2D eigenvalue weighted by atomic mass is 10.00. The van der Waals surface area contributed by atoms with E-state index in [0.717, 1.165) is 28.5 Å². The van der Waals surface area contributed by atoms with Gasteiger partial charge in [-0.15, -0.1) is 0 Å². The molecule has 2 aromatic carbocycles. The Morgan fingerprint density at radius 3 is 2.42 bits per heavy atom. The van der Waals surface area contributed by atoms with Crippen molar-refractivity contribution < 1.29 is 14.7 Å². The van der Waals surface area contributed by atoms with Crippen LogP contribution < -0.4 is 21.9 Å². The maximum Gasteiger partial charge on any atom is 0.328 e. The van der Waals surface area contributed by atoms with Crippen LogP contribution in [-0.4, -0.2) is 37.3 Å². The molecular weight excluding hydrogens is 482 g/mol. The third kappa shape index (κ3) is 5.57. The van der Waals surface area contributed by atoms with Gasteiger partial charge in [0.25, 0.3) is 5.56 Å². The molecule has 5 N–H and O–H groups in total. The maximum atomic E-state index is 12.6. The van der Waals surface area contributed by atoms with Crippen LogP contribution in [0.3, 0.4) is 0 Å². The third-order valence-corrected chi connectivity index (χ3v) is 6.77. The number of carbonyl (C=O) groups excluding carboxylic acids is 2. The fourth-order valence-electron chi connectivity index (χ4n) is 3.83. The second kappa shape index (κ2) is 10.2. The van der Waals surface area contributed by atoms with Crippen molar-refractivity contribution in [3.8, 4) is 5.88 Å². The Morgan fingerprint density at radius 1 is 1.06 bits per heavy atom. The van der Waals surface area contributed by atoms with Gasteiger partial charge in [-0.05, 0) is 38.0 Å². The summed E-state index contributed by atoms with van der Waals surface area (Å²) in [6, 6.07) is 11.8. The number of aryl methyl sites for hydroxylation is 3. The van der Waals surface area contributed by atoms with E-state index in [-0.39, 0.29) is 23.1 Å². The molecule has 1 aromatic heterocycles. The van der Waals surface area contributed by atoms with E-state index in [4.69, 9.17) is 0 Å². The second-order valence-electron chi connectivity index (χ2n) is 8.58. The number of carbonyl (C=O) groups is 2. The average molecular weight is 508 g/mol. The summed E-state index contributed by atoms with van der Waals surface area (Å²) in [6.07, 6.45) is -0.0808. The largest absolute Gasteiger partial charge is 0.494 e. The fourth-order valence-corrected chi connectivity index (χ4v) is 4.83. The molecule has 1 fully saturated rings. The first-order valence-electron chi connectivity index (χ1n) is 11.1. The molecular formula is C25H25N5O5S. The van der Waals surface area contributed by atoms with Crippen LogP contribution in [0.4, 0.5) is 5.69 Å². The standard InChI is InChI=1S/C25H25N5O5S/c1-12-4-7-15(8-5-12)20(19-22(33)28-24(35)29-23(19)34)27-25-30-21(32)17(36-25)11-18(31)26-16-9-6-13(2)10-14(16)3/h4-10,17,20H,11H2,1-3H3,(H,26,31)(H,27,30,32)(H3,28,29,33,34,35). The molecule has 10 nitrogen and oxygen atoms in total. The monoisotopic (exact) mass is 507 g/mol. The predicted octanol–water partition coefficient (Wildman–Crippen LogP) is 2.40. The smallest absolute Gasteiger partial charge is 0.328 e. The van der Waals surface area contributed by atoms with Crippen LogP contribution in [0, 0.1) is 20.8 Å². The van der Waals surface area contributed by atoms with Crippen molar-refractivity contribution in [1.82, 2.24) is 15.3 Å². The number of hydrogen-bond donors (Lipinski definition) is 5. The summed E-state index contributed by atoms with van der Waals surface area (Å²) in [5.74, 6) is -1.32. The summed E-state index contributed by atoms with van der Waals surface area (Å²) < 4.78 is 0. The second-order valence-corrected chi connectivity index (χ2v) is 9.78. The predicted molar refractivity (Wildman–Crippen MR) is 138 cm³/mol. The van der Waals surface area contributed by atoms with Gasteiger partial charge in [0.1, 0.15) is 16.9 Å². The zero-order valence-corrected chi connectivity index (χ0v) is 20.7. The summed E-state index contributed by atoms with van der Waals surface area (Å²) in [6.45, 7) is 5.75. The van der Waals surface area contributed by atoms with E-state index in [0.29, 0.717) is 11.3 Å². The number of nitrogens with zero attached hydrogens (tertiary/aromatic N) is 1. The highest BCUT2D eigenvalue weighted by atomic mass is 32.2. The van der Waals surface area contributed by atoms with E-state index in [1.807, 2.05) is 51.1 Å². The van der Waals surface area contributed by atoms with E-state index >= 15 is 0 Å². The van der Waals surface area contributed by atoms with Crippen molar-refractivity contribution in [3.05, 3.63) is 91.1 Å². The van der Waals surface area contributed by atoms with Crippen LogP contribution in [0.25, 0.3) is 0 Å². The SMILES string of the molecule is Cc1ccc(C(N=C2NC(=O)C(CC(=O)Nc3ccc(C)cc3C)S2)c2c(O)[nH]c(=O)[nH]c2=O)cc1. The highest BCUT2D eigenvalue weighted by molar-refractivity contribution is 8.15. The Balaban J connectivity index is 1.58. The number of aromatic hydroxyl groups is 1. The van der Waals surface area contributed by atoms with Gasteiger partial charge in [0.15, 0.2) is 5.17 Å². The zero-order chi connectivity index (χ0) is 26.0. The van der Waals surface area contributed by atoms with Gasteiger partial charge in [0.05, 0.1) is 0 Å². The number of amidine groups is 1. The number of benzene rings is 2. The molecule has 3 aromatic rings. The van der Waals surface area contributed by atoms with Gasteiger partial charge in [-0.1, -0.05) is 59.3 Å². The minimum atomic E-state index is -1.02. The van der Waals surface area contributed by atoms with Gasteiger partial charge in [-0.25, -0.2) is 9.79 Å². The average Bonchev–Trinajstić information content (AvgIpc) is 3.13. The Kier molecular flexibility index (Phi) is 7.11. The van der Waals surface area contributed by atoms with Crippen LogP contribution in [-0.2, 0) is 9.59 Å². The molecule has 1 saturated heterocycles. The van der Waals surface area contributed by atoms with Crippen LogP contribution >= 0.6 is 11.8 Å². The number of anilines is 1. The molecule has 2 unspecified atom stereocenters. The number of aromatic nitrogens is 2. The fraction of sp³-hybridized carbons (Fsp3) is 0.240. The Labute approximate surface area is 210 Å². The lowest BCUT2D eigenvalue weighted by Gasteiger charge is -2.15. The first-order valence-corrected chi connectivity index (χ1v) is 12.0. The van der Waals surface area contributed by atoms with Gasteiger partial charge >= 0.3 is 5.69 Å². The van der Waals surface area contributed by atoms with Crippen LogP contribution in [0.2, 0.25) is 0 Å². The summed E-state index contributed by atoms with van der Waals surface area (Å²) in [5, 5.41) is 15.3. The van der Waals surface area contributed by atoms with E-state index in [1.54, 1.807) is 12.1 Å². The minimum Gasteiger partial charge on any atom is -0.494 e. The van der Waals surface area contributed by atoms with Crippen LogP contribution in [0.5, 0.6) is 5.88 Å². The molecule has 36 heavy (non-hydrogen) atoms. The summed E-state index contributed by atoms with van der Waals surface area (Å²) in [7, 11) is 0. The van der Waals surface area contributed by atoms with E-state index in [1.165, 1.54) is 0 Å². The summed E-state index contributed by atoms with van der Waals surface area (Å²) in [5.41, 5.74) is 2.38. The van der Waals surface area contributed by atoms with Crippen molar-refractivity contribution >= 4 is 34.4 Å². The Hall–Kier alpha value is -4.12. The third-order valence-electron chi connectivity index (χ3n) is 5.67. The van der Waals surface area contributed by atoms with Crippen molar-refractivity contribution in [2.45, 2.75) is 38.5 Å². The molecule has 0 bridgehead atoms. The molecule has 0 radical (unpaired) electrons. The highest BCUT2D eigenvalue weighted by Crippen LogP contribution is 2.32. The molecule has 1 aliphatic rings. The number of nitrogens with one attached hydrogen (secondary N) is 4. The molecule has 11 heteroatoms. The number of aromatic amines is 2. The molecule has 1 aliphatic heterocycles. The zero-order valence-electron chi connectivity index (χ0n) is 19.8. The lowest BCUT2D eigenvalue weighted by Crippen LogP contribution is -2.29. The number of rotatable bonds is 6. The number of thioether (sulfide) groups is 1. The van der Waals surface area contributed by atoms with Crippen molar-refractivity contribution in [1.29, 1.82) is 0 Å². The maximum absolute atomic E-state index is 12.6. The molecule has 0 saturated carbocycles. The highest BCUT2D eigenvalue weighted by Gasteiger charge is 2.34. The van der Waals surface area contributed by atoms with Gasteiger partial charge in [0, 0.05) is 12.1 Å². The molecule has 0 aliphatic carbocycles. The lowest BCUT2D eigenvalue weighted by molar-refractivity contribution is -0.122. The van der Waals surface area contributed by atoms with Crippen molar-refractivity contribution in [3.63, 3.8) is 0 Å². The molecule has 2 amide bonds. The van der Waals surface area contributed by atoms with E-state index in [9.17, 15) is 24.3 Å². The van der Waals surface area contributed by atoms with Crippen molar-refractivity contribution in [2.75, 3.05) is 5.32 Å². The number of aliphatic imine (C=N–C) groups is 1. The van der Waals surface area contributed by atoms with Gasteiger partial charge in [-0.3, -0.25) is 24.4 Å². The molecule has 4 rings (SSSR count). The molecule has 2 heterocycles. The number of amides is 2. The first kappa shape index (κ1) is 25.0. The summed E-state index contributed by atoms with van der Waals surface area (Å²) >= 11 is 1.06. The topological polar surface area (TPSA) is 157 Å². The van der Waals surface area contributed by atoms with E-state index in [2.05, 4.69) is 25.6 Å². The van der Waals surface area contributed by atoms with E-state index < -0.39 is 34.3 Å². The number of hydrogen-bond acceptors (Lipinski definition) is 7. The van der Waals surface area contributed by atoms with Gasteiger partial charge < -0.3 is 15.7 Å². The molecule has 186 valence electrons. The minimum absolute atomic E-state index is 0.0808. The molecule has 0 spiro atoms. The molecule has 2 atom stereocenters. The Bertz CT molecular complexity index is 1480. The quantitative estimate of drug-likeness (QED) is 0.345. The van der Waals surface area contributed by atoms with Crippen LogP contribution in [0.1, 0.15) is 40.3 Å². The summed E-state index contributed by atoms with van der Waals surface area (Å²) in [4.78, 5) is 58.1. The Morgan fingerprint density at radius 2 is 1.75 bits per heavy atom. The van der Waals surface area contributed by atoms with Gasteiger partial charge in [0.2, 0.25) is 17.7 Å². The van der Waals surface area contributed by atoms with Crippen LogP contribution in [0.15, 0.2) is 57.0 Å². The normalized spacial score (nSPS) is 17.1. The van der Waals surface area contributed by atoms with Crippen molar-refractivity contribution in [2.24, 2.45) is 4.99 Å².